The minimum atomic E-state index is -1.49. The summed E-state index contributed by atoms with van der Waals surface area (Å²) < 4.78 is 30.3. The quantitative estimate of drug-likeness (QED) is 0.188. The number of nitrogens with zero attached hydrogens (tertiary/aromatic N) is 5. The molecule has 3 aliphatic rings. The first-order valence-electron chi connectivity index (χ1n) is 13.7. The molecule has 2 fully saturated rings. The van der Waals surface area contributed by atoms with E-state index in [1.807, 2.05) is 57.2 Å². The molecule has 42 heavy (non-hydrogen) atoms. The number of hydrogen-bond donors (Lipinski definition) is 1. The molecule has 6 atom stereocenters. The number of carbonyl (C=O) groups is 1. The number of azide groups is 1. The van der Waals surface area contributed by atoms with Crippen molar-refractivity contribution in [3.8, 4) is 0 Å². The van der Waals surface area contributed by atoms with Gasteiger partial charge in [-0.05, 0) is 49.9 Å². The summed E-state index contributed by atoms with van der Waals surface area (Å²) >= 11 is 11.2. The van der Waals surface area contributed by atoms with Gasteiger partial charge in [-0.2, -0.15) is 0 Å². The molecule has 13 heteroatoms. The fourth-order valence-electron chi connectivity index (χ4n) is 5.66. The second kappa shape index (κ2) is 12.4. The van der Waals surface area contributed by atoms with Gasteiger partial charge in [-0.15, -0.1) is 12.6 Å². The van der Waals surface area contributed by atoms with Crippen LogP contribution in [-0.2, 0) is 29.2 Å². The molecule has 2 unspecified atom stereocenters. The smallest absolute Gasteiger partial charge is 0.410 e. The highest BCUT2D eigenvalue weighted by atomic mass is 35.5. The standard InChI is InChI=1S/C29H34ClN5O6S/c1-28(2,3)41-27(36)35-12-10-17(11-13-35)22-20(14-19(30)15-32-22)29(33-34-31)23-21(39-26(42)24(29)37-4)16-38-25(40-23)18-8-6-5-7-9-18/h5-10,14-15,21,23-26,42H,11-13,16H2,1-4H3/t21-,23+,24+,25?,26-,29?/m1/s1. The van der Waals surface area contributed by atoms with Gasteiger partial charge in [0.25, 0.3) is 0 Å². The molecule has 2 saturated heterocycles. The summed E-state index contributed by atoms with van der Waals surface area (Å²) in [5, 5.41) is 4.76. The Labute approximate surface area is 255 Å². The Morgan fingerprint density at radius 2 is 2.05 bits per heavy atom. The topological polar surface area (TPSA) is 128 Å². The van der Waals surface area contributed by atoms with E-state index in [0.717, 1.165) is 11.1 Å². The highest BCUT2D eigenvalue weighted by Gasteiger charge is 2.61. The maximum Gasteiger partial charge on any atom is 0.410 e. The highest BCUT2D eigenvalue weighted by molar-refractivity contribution is 7.80. The zero-order valence-electron chi connectivity index (χ0n) is 23.8. The fraction of sp³-hybridized carbons (Fsp3) is 0.517. The third-order valence-electron chi connectivity index (χ3n) is 7.45. The van der Waals surface area contributed by atoms with Crippen LogP contribution in [0.5, 0.6) is 0 Å². The van der Waals surface area contributed by atoms with Crippen molar-refractivity contribution < 1.29 is 28.5 Å². The van der Waals surface area contributed by atoms with Crippen LogP contribution in [0.2, 0.25) is 5.02 Å². The minimum Gasteiger partial charge on any atom is -0.444 e. The lowest BCUT2D eigenvalue weighted by Gasteiger charge is -2.54. The van der Waals surface area contributed by atoms with Crippen molar-refractivity contribution >= 4 is 35.9 Å². The number of pyridine rings is 1. The van der Waals surface area contributed by atoms with E-state index >= 15 is 0 Å². The van der Waals surface area contributed by atoms with E-state index in [-0.39, 0.29) is 12.7 Å². The summed E-state index contributed by atoms with van der Waals surface area (Å²) in [5.41, 5.74) is 9.84. The highest BCUT2D eigenvalue weighted by Crippen LogP contribution is 2.51. The molecular weight excluding hydrogens is 582 g/mol. The molecule has 1 aromatic heterocycles. The molecule has 2 aromatic rings. The molecule has 0 saturated carbocycles. The molecule has 4 heterocycles. The van der Waals surface area contributed by atoms with Gasteiger partial charge in [-0.1, -0.05) is 53.1 Å². The van der Waals surface area contributed by atoms with Crippen LogP contribution in [0, 0.1) is 0 Å². The first-order chi connectivity index (χ1) is 20.1. The summed E-state index contributed by atoms with van der Waals surface area (Å²) in [6.07, 6.45) is 0.446. The van der Waals surface area contributed by atoms with Crippen LogP contribution in [0.3, 0.4) is 0 Å². The van der Waals surface area contributed by atoms with E-state index in [9.17, 15) is 10.3 Å². The number of carbonyl (C=O) groups excluding carboxylic acids is 1. The molecular formula is C29H34ClN5O6S. The summed E-state index contributed by atoms with van der Waals surface area (Å²) in [4.78, 5) is 22.3. The van der Waals surface area contributed by atoms with Crippen LogP contribution in [-0.4, -0.2) is 72.1 Å². The number of aromatic nitrogens is 1. The van der Waals surface area contributed by atoms with Gasteiger partial charge < -0.3 is 28.6 Å². The number of thiol groups is 1. The van der Waals surface area contributed by atoms with Gasteiger partial charge in [0.2, 0.25) is 0 Å². The van der Waals surface area contributed by atoms with Gasteiger partial charge in [-0.3, -0.25) is 4.98 Å². The van der Waals surface area contributed by atoms with Gasteiger partial charge in [-0.25, -0.2) is 4.79 Å². The molecule has 0 spiro atoms. The average Bonchev–Trinajstić information content (AvgIpc) is 2.97. The lowest BCUT2D eigenvalue weighted by molar-refractivity contribution is -0.317. The van der Waals surface area contributed by atoms with Gasteiger partial charge in [0.05, 0.1) is 17.3 Å². The Bertz CT molecular complexity index is 1380. The van der Waals surface area contributed by atoms with Crippen LogP contribution in [0.25, 0.3) is 16.0 Å². The van der Waals surface area contributed by atoms with Gasteiger partial charge in [0.15, 0.2) is 6.29 Å². The molecule has 224 valence electrons. The molecule has 5 rings (SSSR count). The number of fused-ring (bicyclic) bond motifs is 1. The van der Waals surface area contributed by atoms with Crippen molar-refractivity contribution in [2.45, 2.75) is 68.4 Å². The monoisotopic (exact) mass is 615 g/mol. The van der Waals surface area contributed by atoms with Crippen molar-refractivity contribution in [3.63, 3.8) is 0 Å². The van der Waals surface area contributed by atoms with Crippen molar-refractivity contribution in [1.29, 1.82) is 0 Å². The molecule has 0 radical (unpaired) electrons. The number of ether oxygens (including phenoxy) is 5. The third-order valence-corrected chi connectivity index (χ3v) is 8.05. The third kappa shape index (κ3) is 5.98. The maximum absolute atomic E-state index is 12.7. The van der Waals surface area contributed by atoms with Gasteiger partial charge in [0, 0.05) is 36.9 Å². The van der Waals surface area contributed by atoms with Gasteiger partial charge >= 0.3 is 6.09 Å². The molecule has 11 nitrogen and oxygen atoms in total. The van der Waals surface area contributed by atoms with Crippen molar-refractivity contribution in [2.75, 3.05) is 26.8 Å². The first kappa shape index (κ1) is 30.6. The predicted molar refractivity (Wildman–Crippen MR) is 159 cm³/mol. The van der Waals surface area contributed by atoms with Crippen LogP contribution >= 0.6 is 24.2 Å². The Kier molecular flexibility index (Phi) is 9.05. The Hall–Kier alpha value is -2.83. The number of amides is 1. The van der Waals surface area contributed by atoms with E-state index in [1.54, 1.807) is 17.2 Å². The summed E-state index contributed by atoms with van der Waals surface area (Å²) in [6, 6.07) is 11.2. The second-order valence-corrected chi connectivity index (χ2v) is 12.3. The zero-order chi connectivity index (χ0) is 30.1. The number of benzene rings is 1. The van der Waals surface area contributed by atoms with Crippen molar-refractivity contribution in [2.24, 2.45) is 5.11 Å². The van der Waals surface area contributed by atoms with E-state index in [0.29, 0.717) is 35.8 Å². The Morgan fingerprint density at radius 3 is 2.69 bits per heavy atom. The summed E-state index contributed by atoms with van der Waals surface area (Å²) in [6.45, 7) is 6.39. The number of methoxy groups -OCH3 is 1. The van der Waals surface area contributed by atoms with Crippen molar-refractivity contribution in [1.82, 2.24) is 9.88 Å². The largest absolute Gasteiger partial charge is 0.444 e. The first-order valence-corrected chi connectivity index (χ1v) is 14.5. The number of halogens is 1. The molecule has 0 aliphatic carbocycles. The normalized spacial score (nSPS) is 29.6. The summed E-state index contributed by atoms with van der Waals surface area (Å²) in [5.74, 6) is 0. The number of rotatable bonds is 5. The Morgan fingerprint density at radius 1 is 1.29 bits per heavy atom. The number of hydrogen-bond acceptors (Lipinski definition) is 9. The van der Waals surface area contributed by atoms with Crippen LogP contribution in [0.1, 0.15) is 50.3 Å². The SMILES string of the molecule is CO[C@H]1[C@@H](S)O[C@@H]2COC(c3ccccc3)O[C@@H]2C1(N=[N+]=[N-])c1cc(Cl)cnc1C1=CCN(C(=O)OC(C)(C)C)CC1. The second-order valence-electron chi connectivity index (χ2n) is 11.3. The molecule has 1 amide bonds. The van der Waals surface area contributed by atoms with E-state index in [4.69, 9.17) is 40.3 Å². The zero-order valence-corrected chi connectivity index (χ0v) is 25.5. The molecule has 0 bridgehead atoms. The Balaban J connectivity index is 1.60. The minimum absolute atomic E-state index is 0.164. The van der Waals surface area contributed by atoms with Gasteiger partial charge in [0.1, 0.15) is 34.9 Å². The van der Waals surface area contributed by atoms with Crippen molar-refractivity contribution in [3.05, 3.63) is 81.0 Å². The lowest BCUT2D eigenvalue weighted by atomic mass is 9.74. The fourth-order valence-corrected chi connectivity index (χ4v) is 6.33. The summed E-state index contributed by atoms with van der Waals surface area (Å²) in [7, 11) is 1.50. The predicted octanol–water partition coefficient (Wildman–Crippen LogP) is 6.05. The molecule has 1 aromatic carbocycles. The molecule has 0 N–H and O–H groups in total. The lowest BCUT2D eigenvalue weighted by Crippen LogP contribution is -2.66. The maximum atomic E-state index is 12.7. The average molecular weight is 616 g/mol. The molecule has 3 aliphatic heterocycles. The van der Waals surface area contributed by atoms with Crippen LogP contribution in [0.15, 0.2) is 53.8 Å². The van der Waals surface area contributed by atoms with E-state index < -0.39 is 41.2 Å². The van der Waals surface area contributed by atoms with E-state index in [2.05, 4.69) is 22.7 Å². The van der Waals surface area contributed by atoms with E-state index in [1.165, 1.54) is 7.11 Å². The van der Waals surface area contributed by atoms with Crippen LogP contribution in [0.4, 0.5) is 4.79 Å². The van der Waals surface area contributed by atoms with Crippen LogP contribution < -0.4 is 0 Å².